The number of ether oxygens (including phenoxy) is 1. The molecule has 2 nitrogen and oxygen atoms in total. The molecule has 0 spiro atoms. The van der Waals surface area contributed by atoms with Crippen molar-refractivity contribution in [2.75, 3.05) is 13.3 Å². The molecule has 3 heteroatoms. The first-order valence-electron chi connectivity index (χ1n) is 10.2. The number of hydrogen-bond donors (Lipinski definition) is 0. The zero-order chi connectivity index (χ0) is 20.1. The van der Waals surface area contributed by atoms with Crippen LogP contribution in [0.15, 0.2) is 91.0 Å². The molecule has 2 aliphatic heterocycles. The van der Waals surface area contributed by atoms with Gasteiger partial charge in [0.1, 0.15) is 5.16 Å². The molecule has 3 aromatic rings. The van der Waals surface area contributed by atoms with Gasteiger partial charge < -0.3 is 4.74 Å². The zero-order valence-electron chi connectivity index (χ0n) is 16.8. The Morgan fingerprint density at radius 1 is 0.793 bits per heavy atom. The molecule has 0 bridgehead atoms. The van der Waals surface area contributed by atoms with Crippen LogP contribution in [-0.4, -0.2) is 24.4 Å². The summed E-state index contributed by atoms with van der Waals surface area (Å²) in [5.74, 6) is -0.0663. The molecule has 3 unspecified atom stereocenters. The van der Waals surface area contributed by atoms with Crippen molar-refractivity contribution in [3.05, 3.63) is 108 Å². The third-order valence-corrected chi connectivity index (χ3v) is 11.2. The molecular formula is C26H25O2P. The second kappa shape index (κ2) is 6.54. The fourth-order valence-electron chi connectivity index (χ4n) is 6.18. The smallest absolute Gasteiger partial charge is 0.317 e. The van der Waals surface area contributed by atoms with Crippen LogP contribution in [0.2, 0.25) is 0 Å². The molecule has 2 heterocycles. The summed E-state index contributed by atoms with van der Waals surface area (Å²) in [6.07, 6.45) is 2.12. The molecule has 5 rings (SSSR count). The second-order valence-electron chi connectivity index (χ2n) is 8.18. The first kappa shape index (κ1) is 18.6. The minimum atomic E-state index is -0.559. The lowest BCUT2D eigenvalue weighted by Crippen LogP contribution is -2.48. The van der Waals surface area contributed by atoms with Gasteiger partial charge in [0.15, 0.2) is 0 Å². The Morgan fingerprint density at radius 2 is 1.24 bits per heavy atom. The molecule has 0 radical (unpaired) electrons. The maximum Gasteiger partial charge on any atom is 0.317 e. The fourth-order valence-corrected chi connectivity index (χ4v) is 10.8. The normalized spacial score (nSPS) is 29.1. The van der Waals surface area contributed by atoms with Gasteiger partial charge in [-0.15, -0.1) is 0 Å². The number of carbonyl (C=O) groups is 1. The molecule has 3 atom stereocenters. The van der Waals surface area contributed by atoms with E-state index in [4.69, 9.17) is 4.74 Å². The first-order chi connectivity index (χ1) is 14.1. The molecule has 0 aliphatic carbocycles. The lowest BCUT2D eigenvalue weighted by Gasteiger charge is -2.43. The number of methoxy groups -OCH3 is 1. The highest BCUT2D eigenvalue weighted by Gasteiger charge is 2.88. The SMILES string of the molecule is COC(=O)C1(C)P2CCC(c3ccccc3)(c3ccccc3)C21c1ccccc1. The Balaban J connectivity index is 1.87. The number of hydrogen-bond acceptors (Lipinski definition) is 2. The molecule has 146 valence electrons. The summed E-state index contributed by atoms with van der Waals surface area (Å²) in [7, 11) is 0.972. The predicted molar refractivity (Wildman–Crippen MR) is 119 cm³/mol. The molecule has 2 saturated heterocycles. The van der Waals surface area contributed by atoms with Crippen LogP contribution < -0.4 is 0 Å². The average Bonchev–Trinajstić information content (AvgIpc) is 3.16. The fraction of sp³-hybridized carbons (Fsp3) is 0.269. The molecular weight excluding hydrogens is 375 g/mol. The Bertz CT molecular complexity index is 995. The topological polar surface area (TPSA) is 26.3 Å². The predicted octanol–water partition coefficient (Wildman–Crippen LogP) is 5.70. The van der Waals surface area contributed by atoms with Crippen molar-refractivity contribution in [2.24, 2.45) is 0 Å². The number of esters is 1. The Hall–Kier alpha value is -2.44. The van der Waals surface area contributed by atoms with Crippen molar-refractivity contribution in [2.45, 2.75) is 29.1 Å². The van der Waals surface area contributed by atoms with Gasteiger partial charge in [0.05, 0.1) is 7.11 Å². The molecule has 0 amide bonds. The lowest BCUT2D eigenvalue weighted by atomic mass is 9.58. The van der Waals surface area contributed by atoms with Gasteiger partial charge in [-0.05, 0) is 36.2 Å². The maximum absolute atomic E-state index is 13.2. The molecule has 0 N–H and O–H groups in total. The number of fused-ring (bicyclic) bond motifs is 1. The Morgan fingerprint density at radius 3 is 1.69 bits per heavy atom. The van der Waals surface area contributed by atoms with E-state index in [2.05, 4.69) is 97.9 Å². The molecule has 0 aromatic heterocycles. The highest BCUT2D eigenvalue weighted by atomic mass is 31.1. The van der Waals surface area contributed by atoms with E-state index < -0.39 is 13.1 Å². The molecule has 3 aromatic carbocycles. The lowest BCUT2D eigenvalue weighted by molar-refractivity contribution is -0.143. The third kappa shape index (κ3) is 2.13. The summed E-state index contributed by atoms with van der Waals surface area (Å²) in [5.41, 5.74) is 3.62. The first-order valence-corrected chi connectivity index (χ1v) is 11.7. The average molecular weight is 400 g/mol. The molecule has 29 heavy (non-hydrogen) atoms. The monoisotopic (exact) mass is 400 g/mol. The van der Waals surface area contributed by atoms with E-state index in [1.165, 1.54) is 23.8 Å². The van der Waals surface area contributed by atoms with Crippen LogP contribution in [0.25, 0.3) is 0 Å². The summed E-state index contributed by atoms with van der Waals surface area (Å²) in [5, 5.41) is -0.741. The zero-order valence-corrected chi connectivity index (χ0v) is 17.7. The summed E-state index contributed by atoms with van der Waals surface area (Å²) in [4.78, 5) is 13.2. The number of rotatable bonds is 4. The largest absolute Gasteiger partial charge is 0.468 e. The number of carbonyl (C=O) groups excluding carboxylic acids is 1. The third-order valence-electron chi connectivity index (χ3n) is 7.23. The van der Waals surface area contributed by atoms with Crippen LogP contribution in [0.5, 0.6) is 0 Å². The van der Waals surface area contributed by atoms with E-state index in [9.17, 15) is 4.79 Å². The summed E-state index contributed by atoms with van der Waals surface area (Å²) in [6.45, 7) is 2.15. The van der Waals surface area contributed by atoms with Crippen molar-refractivity contribution in [1.82, 2.24) is 0 Å². The second-order valence-corrected chi connectivity index (χ2v) is 11.0. The summed E-state index contributed by atoms with van der Waals surface area (Å²) in [6, 6.07) is 32.3. The van der Waals surface area contributed by atoms with Crippen LogP contribution in [0.3, 0.4) is 0 Å². The van der Waals surface area contributed by atoms with Crippen molar-refractivity contribution in [1.29, 1.82) is 0 Å². The minimum absolute atomic E-state index is 0.0663. The van der Waals surface area contributed by atoms with E-state index in [0.717, 1.165) is 12.6 Å². The van der Waals surface area contributed by atoms with Crippen molar-refractivity contribution >= 4 is 13.9 Å². The number of benzene rings is 3. The van der Waals surface area contributed by atoms with Gasteiger partial charge in [-0.3, -0.25) is 4.79 Å². The van der Waals surface area contributed by atoms with E-state index in [0.29, 0.717) is 0 Å². The highest BCUT2D eigenvalue weighted by molar-refractivity contribution is 7.71. The van der Waals surface area contributed by atoms with Gasteiger partial charge in [-0.2, -0.15) is 0 Å². The van der Waals surface area contributed by atoms with Crippen LogP contribution in [0, 0.1) is 0 Å². The quantitative estimate of drug-likeness (QED) is 0.415. The molecule has 2 fully saturated rings. The van der Waals surface area contributed by atoms with Gasteiger partial charge >= 0.3 is 5.97 Å². The van der Waals surface area contributed by atoms with Crippen molar-refractivity contribution in [3.63, 3.8) is 0 Å². The van der Waals surface area contributed by atoms with E-state index in [-0.39, 0.29) is 16.5 Å². The van der Waals surface area contributed by atoms with Crippen LogP contribution >= 0.6 is 7.92 Å². The molecule has 2 aliphatic rings. The summed E-state index contributed by atoms with van der Waals surface area (Å²) < 4.78 is 5.40. The van der Waals surface area contributed by atoms with E-state index >= 15 is 0 Å². The molecule has 0 saturated carbocycles. The maximum atomic E-state index is 13.2. The van der Waals surface area contributed by atoms with E-state index in [1.807, 2.05) is 0 Å². The van der Waals surface area contributed by atoms with Crippen LogP contribution in [0.4, 0.5) is 0 Å². The van der Waals surface area contributed by atoms with E-state index in [1.54, 1.807) is 0 Å². The Labute approximate surface area is 173 Å². The van der Waals surface area contributed by atoms with Gasteiger partial charge in [0, 0.05) is 10.6 Å². The van der Waals surface area contributed by atoms with Gasteiger partial charge in [-0.25, -0.2) is 0 Å². The van der Waals surface area contributed by atoms with Gasteiger partial charge in [0.25, 0.3) is 0 Å². The standard InChI is InChI=1S/C26H25O2P/c1-24(23(27)28-2)26(22-16-10-5-11-17-22)25(18-19-29(24)26,20-12-6-3-7-13-20)21-14-8-4-9-15-21/h3-17H,18-19H2,1-2H3. The van der Waals surface area contributed by atoms with Gasteiger partial charge in [0.2, 0.25) is 0 Å². The highest BCUT2D eigenvalue weighted by Crippen LogP contribution is 2.97. The van der Waals surface area contributed by atoms with Crippen LogP contribution in [-0.2, 0) is 20.1 Å². The van der Waals surface area contributed by atoms with Crippen molar-refractivity contribution < 1.29 is 9.53 Å². The minimum Gasteiger partial charge on any atom is -0.468 e. The summed E-state index contributed by atoms with van der Waals surface area (Å²) >= 11 is 0. The van der Waals surface area contributed by atoms with Crippen molar-refractivity contribution in [3.8, 4) is 0 Å². The van der Waals surface area contributed by atoms with Gasteiger partial charge in [-0.1, -0.05) is 98.9 Å². The Kier molecular flexibility index (Phi) is 4.19. The van der Waals surface area contributed by atoms with Crippen LogP contribution in [0.1, 0.15) is 30.0 Å².